The molecule has 1 fully saturated rings. The molecule has 0 amide bonds. The van der Waals surface area contributed by atoms with Gasteiger partial charge in [0.25, 0.3) is 5.69 Å². The van der Waals surface area contributed by atoms with E-state index < -0.39 is 27.0 Å². The standard InChI is InChI=1S/C21H25N3O5S/c1-15-7-13-19(14-8-15)30(28,29)22-20-5-3-4-6-21(20)23(25)16(2)17-9-11-18(12-10-17)24(26)27/h7-14,20-22H,3-6H2,1-2H3/b23-16-/t20-,21-/m1/s1. The Labute approximate surface area is 176 Å². The van der Waals surface area contributed by atoms with Gasteiger partial charge in [0.15, 0.2) is 11.8 Å². The number of hydrogen-bond acceptors (Lipinski definition) is 5. The molecule has 0 aromatic heterocycles. The lowest BCUT2D eigenvalue weighted by Crippen LogP contribution is -2.49. The molecule has 3 rings (SSSR count). The molecule has 0 aliphatic heterocycles. The Bertz CT molecular complexity index is 1050. The van der Waals surface area contributed by atoms with Gasteiger partial charge in [-0.3, -0.25) is 10.1 Å². The summed E-state index contributed by atoms with van der Waals surface area (Å²) in [6.07, 6.45) is 2.80. The van der Waals surface area contributed by atoms with Crippen LogP contribution in [0, 0.1) is 22.2 Å². The number of nitrogens with one attached hydrogen (secondary N) is 1. The number of aryl methyl sites for hydroxylation is 1. The van der Waals surface area contributed by atoms with E-state index in [2.05, 4.69) is 4.72 Å². The molecule has 0 radical (unpaired) electrons. The second-order valence-corrected chi connectivity index (χ2v) is 9.32. The summed E-state index contributed by atoms with van der Waals surface area (Å²) in [6.45, 7) is 3.53. The van der Waals surface area contributed by atoms with Crippen LogP contribution < -0.4 is 4.72 Å². The van der Waals surface area contributed by atoms with Gasteiger partial charge >= 0.3 is 0 Å². The molecular formula is C21H25N3O5S. The fourth-order valence-electron chi connectivity index (χ4n) is 3.71. The minimum Gasteiger partial charge on any atom is -0.623 e. The van der Waals surface area contributed by atoms with E-state index in [1.807, 2.05) is 6.92 Å². The third kappa shape index (κ3) is 4.85. The minimum absolute atomic E-state index is 0.0506. The predicted molar refractivity (Wildman–Crippen MR) is 114 cm³/mol. The Morgan fingerprint density at radius 1 is 1.00 bits per heavy atom. The van der Waals surface area contributed by atoms with Gasteiger partial charge in [-0.1, -0.05) is 24.1 Å². The maximum absolute atomic E-state index is 13.1. The molecule has 1 aliphatic carbocycles. The zero-order valence-corrected chi connectivity index (χ0v) is 17.8. The highest BCUT2D eigenvalue weighted by Gasteiger charge is 2.35. The molecule has 2 atom stereocenters. The molecule has 8 nitrogen and oxygen atoms in total. The minimum atomic E-state index is -3.75. The zero-order valence-electron chi connectivity index (χ0n) is 16.9. The van der Waals surface area contributed by atoms with Crippen LogP contribution in [0.5, 0.6) is 0 Å². The lowest BCUT2D eigenvalue weighted by molar-refractivity contribution is -0.509. The topological polar surface area (TPSA) is 115 Å². The number of sulfonamides is 1. The molecule has 0 unspecified atom stereocenters. The fourth-order valence-corrected chi connectivity index (χ4v) is 5.02. The molecule has 0 heterocycles. The molecule has 2 aromatic carbocycles. The van der Waals surface area contributed by atoms with Gasteiger partial charge in [-0.15, -0.1) is 0 Å². The Hall–Kier alpha value is -2.78. The third-order valence-electron chi connectivity index (χ3n) is 5.49. The van der Waals surface area contributed by atoms with E-state index in [1.165, 1.54) is 24.3 Å². The van der Waals surface area contributed by atoms with E-state index in [-0.39, 0.29) is 10.6 Å². The largest absolute Gasteiger partial charge is 0.623 e. The molecule has 0 spiro atoms. The van der Waals surface area contributed by atoms with Crippen LogP contribution in [0.4, 0.5) is 5.69 Å². The molecule has 2 aromatic rings. The van der Waals surface area contributed by atoms with Crippen molar-refractivity contribution in [1.29, 1.82) is 0 Å². The van der Waals surface area contributed by atoms with Gasteiger partial charge in [0.05, 0.1) is 15.9 Å². The number of nitro groups is 1. The summed E-state index contributed by atoms with van der Waals surface area (Å²) < 4.78 is 29.2. The molecule has 160 valence electrons. The first-order valence-corrected chi connectivity index (χ1v) is 11.3. The highest BCUT2D eigenvalue weighted by atomic mass is 32.2. The van der Waals surface area contributed by atoms with E-state index in [0.29, 0.717) is 24.1 Å². The summed E-state index contributed by atoms with van der Waals surface area (Å²) in [7, 11) is -3.75. The van der Waals surface area contributed by atoms with Crippen LogP contribution in [0.1, 0.15) is 43.7 Å². The van der Waals surface area contributed by atoms with Gasteiger partial charge in [-0.2, -0.15) is 0 Å². The number of hydroxylamine groups is 1. The first-order chi connectivity index (χ1) is 14.2. The smallest absolute Gasteiger partial charge is 0.269 e. The first-order valence-electron chi connectivity index (χ1n) is 9.83. The molecule has 1 N–H and O–H groups in total. The summed E-state index contributed by atoms with van der Waals surface area (Å²) in [5.41, 5.74) is 1.88. The van der Waals surface area contributed by atoms with Gasteiger partial charge in [-0.25, -0.2) is 17.9 Å². The van der Waals surface area contributed by atoms with E-state index in [9.17, 15) is 23.7 Å². The van der Waals surface area contributed by atoms with Crippen molar-refractivity contribution >= 4 is 21.4 Å². The fraction of sp³-hybridized carbons (Fsp3) is 0.381. The summed E-state index contributed by atoms with van der Waals surface area (Å²) in [5.74, 6) is 0. The zero-order chi connectivity index (χ0) is 21.9. The Morgan fingerprint density at radius 3 is 2.20 bits per heavy atom. The third-order valence-corrected chi connectivity index (χ3v) is 7.00. The van der Waals surface area contributed by atoms with Crippen LogP contribution in [0.25, 0.3) is 0 Å². The van der Waals surface area contributed by atoms with Crippen molar-refractivity contribution in [3.8, 4) is 0 Å². The van der Waals surface area contributed by atoms with Crippen molar-refractivity contribution in [2.45, 2.75) is 56.5 Å². The average molecular weight is 432 g/mol. The number of benzene rings is 2. The van der Waals surface area contributed by atoms with Crippen molar-refractivity contribution in [2.24, 2.45) is 0 Å². The summed E-state index contributed by atoms with van der Waals surface area (Å²) in [5, 5.41) is 23.9. The van der Waals surface area contributed by atoms with E-state index in [1.54, 1.807) is 31.2 Å². The van der Waals surface area contributed by atoms with E-state index in [0.717, 1.165) is 23.1 Å². The van der Waals surface area contributed by atoms with Crippen LogP contribution in [0.2, 0.25) is 0 Å². The Morgan fingerprint density at radius 2 is 1.60 bits per heavy atom. The van der Waals surface area contributed by atoms with Crippen LogP contribution >= 0.6 is 0 Å². The normalized spacial score (nSPS) is 20.5. The molecule has 9 heteroatoms. The van der Waals surface area contributed by atoms with Gasteiger partial charge in [0, 0.05) is 31.0 Å². The highest BCUT2D eigenvalue weighted by molar-refractivity contribution is 7.89. The summed E-state index contributed by atoms with van der Waals surface area (Å²) in [6, 6.07) is 11.3. The Balaban J connectivity index is 1.86. The lowest BCUT2D eigenvalue weighted by atomic mass is 9.91. The van der Waals surface area contributed by atoms with Crippen molar-refractivity contribution in [1.82, 2.24) is 4.72 Å². The van der Waals surface area contributed by atoms with Gasteiger partial charge in [0.1, 0.15) is 0 Å². The quantitative estimate of drug-likeness (QED) is 0.247. The van der Waals surface area contributed by atoms with E-state index >= 15 is 0 Å². The second kappa shape index (κ2) is 8.93. The van der Waals surface area contributed by atoms with Crippen LogP contribution in [-0.4, -0.2) is 35.9 Å². The van der Waals surface area contributed by atoms with Gasteiger partial charge in [-0.05, 0) is 44.0 Å². The number of nitrogens with zero attached hydrogens (tertiary/aromatic N) is 2. The van der Waals surface area contributed by atoms with Crippen molar-refractivity contribution in [2.75, 3.05) is 0 Å². The van der Waals surface area contributed by atoms with Crippen LogP contribution in [0.3, 0.4) is 0 Å². The maximum atomic E-state index is 13.1. The molecule has 0 bridgehead atoms. The second-order valence-electron chi connectivity index (χ2n) is 7.61. The van der Waals surface area contributed by atoms with E-state index in [4.69, 9.17) is 0 Å². The number of hydrogen-bond donors (Lipinski definition) is 1. The molecular weight excluding hydrogens is 406 g/mol. The van der Waals surface area contributed by atoms with Gasteiger partial charge in [0.2, 0.25) is 10.0 Å². The SMILES string of the molecule is C/C(c1ccc([N+](=O)[O-])cc1)=[N+](/[O-])[C@@H]1CCCC[C@H]1NS(=O)(=O)c1ccc(C)cc1. The number of rotatable bonds is 6. The van der Waals surface area contributed by atoms with Crippen LogP contribution in [0.15, 0.2) is 53.4 Å². The maximum Gasteiger partial charge on any atom is 0.269 e. The number of non-ortho nitro benzene ring substituents is 1. The highest BCUT2D eigenvalue weighted by Crippen LogP contribution is 2.24. The summed E-state index contributed by atoms with van der Waals surface area (Å²) >= 11 is 0. The lowest BCUT2D eigenvalue weighted by Gasteiger charge is -2.31. The predicted octanol–water partition coefficient (Wildman–Crippen LogP) is 3.51. The first kappa shape index (κ1) is 21.9. The monoisotopic (exact) mass is 431 g/mol. The summed E-state index contributed by atoms with van der Waals surface area (Å²) in [4.78, 5) is 10.5. The average Bonchev–Trinajstić information content (AvgIpc) is 2.73. The molecule has 1 saturated carbocycles. The van der Waals surface area contributed by atoms with Crippen molar-refractivity contribution in [3.05, 3.63) is 75.0 Å². The molecule has 1 aliphatic rings. The van der Waals surface area contributed by atoms with Crippen molar-refractivity contribution < 1.29 is 18.1 Å². The number of nitro benzene ring substituents is 1. The molecule has 30 heavy (non-hydrogen) atoms. The van der Waals surface area contributed by atoms with Gasteiger partial charge < -0.3 is 5.21 Å². The van der Waals surface area contributed by atoms with Crippen LogP contribution in [-0.2, 0) is 10.0 Å². The van der Waals surface area contributed by atoms with Crippen molar-refractivity contribution in [3.63, 3.8) is 0 Å². The Kier molecular flexibility index (Phi) is 6.52. The molecule has 0 saturated heterocycles.